The van der Waals surface area contributed by atoms with Crippen molar-refractivity contribution in [3.05, 3.63) is 200 Å². The average Bonchev–Trinajstić information content (AvgIpc) is 3.63. The molecule has 0 spiro atoms. The van der Waals surface area contributed by atoms with Crippen LogP contribution in [0.25, 0.3) is 77.7 Å². The fourth-order valence-corrected chi connectivity index (χ4v) is 7.42. The maximum atomic E-state index is 6.64. The lowest BCUT2D eigenvalue weighted by atomic mass is 10.0. The van der Waals surface area contributed by atoms with E-state index in [2.05, 4.69) is 150 Å². The summed E-state index contributed by atoms with van der Waals surface area (Å²) >= 11 is 0. The van der Waals surface area contributed by atoms with Gasteiger partial charge >= 0.3 is 0 Å². The Kier molecular flexibility index (Phi) is 7.77. The van der Waals surface area contributed by atoms with E-state index in [4.69, 9.17) is 14.4 Å². The number of furan rings is 1. The second-order valence-corrected chi connectivity index (χ2v) is 13.4. The monoisotopic (exact) mass is 691 g/mol. The number of anilines is 3. The van der Waals surface area contributed by atoms with Crippen molar-refractivity contribution < 1.29 is 4.42 Å². The quantitative estimate of drug-likeness (QED) is 0.167. The first kappa shape index (κ1) is 31.4. The van der Waals surface area contributed by atoms with Crippen LogP contribution in [0.2, 0.25) is 0 Å². The summed E-state index contributed by atoms with van der Waals surface area (Å²) in [7, 11) is 0. The molecule has 10 aromatic rings. The SMILES string of the molecule is c1ccc(-c2cc(-c3ccccc3)nc(-c3cc(N(c4ccccc4)c4ccc(-c5ccc6ccccc6c5)cc4)cc4oc5ccccc5c34)n2)cc1. The molecule has 0 aliphatic rings. The zero-order chi connectivity index (χ0) is 35.8. The molecule has 0 aliphatic carbocycles. The average molecular weight is 692 g/mol. The zero-order valence-electron chi connectivity index (χ0n) is 29.3. The Hall–Kier alpha value is -7.30. The van der Waals surface area contributed by atoms with Crippen molar-refractivity contribution in [3.8, 4) is 45.0 Å². The molecule has 0 atom stereocenters. The predicted molar refractivity (Wildman–Crippen MR) is 223 cm³/mol. The molecule has 0 N–H and O–H groups in total. The van der Waals surface area contributed by atoms with Crippen LogP contribution in [0, 0.1) is 0 Å². The molecule has 0 fully saturated rings. The van der Waals surface area contributed by atoms with Gasteiger partial charge in [-0.15, -0.1) is 0 Å². The Morgan fingerprint density at radius 2 is 0.944 bits per heavy atom. The minimum Gasteiger partial charge on any atom is -0.456 e. The van der Waals surface area contributed by atoms with Crippen LogP contribution in [-0.4, -0.2) is 9.97 Å². The lowest BCUT2D eigenvalue weighted by Crippen LogP contribution is -2.10. The van der Waals surface area contributed by atoms with Crippen LogP contribution in [-0.2, 0) is 0 Å². The van der Waals surface area contributed by atoms with Gasteiger partial charge in [-0.2, -0.15) is 0 Å². The number of fused-ring (bicyclic) bond motifs is 4. The fraction of sp³-hybridized carbons (Fsp3) is 0. The predicted octanol–water partition coefficient (Wildman–Crippen LogP) is 13.7. The van der Waals surface area contributed by atoms with Gasteiger partial charge in [0, 0.05) is 44.9 Å². The maximum Gasteiger partial charge on any atom is 0.161 e. The molecule has 0 saturated heterocycles. The van der Waals surface area contributed by atoms with Crippen molar-refractivity contribution in [2.24, 2.45) is 0 Å². The molecule has 0 bridgehead atoms. The lowest BCUT2D eigenvalue weighted by Gasteiger charge is -2.26. The molecule has 4 heteroatoms. The number of rotatable bonds is 7. The van der Waals surface area contributed by atoms with Gasteiger partial charge < -0.3 is 9.32 Å². The van der Waals surface area contributed by atoms with Crippen molar-refractivity contribution in [3.63, 3.8) is 0 Å². The van der Waals surface area contributed by atoms with Crippen molar-refractivity contribution in [2.45, 2.75) is 0 Å². The number of hydrogen-bond donors (Lipinski definition) is 0. The van der Waals surface area contributed by atoms with E-state index in [0.29, 0.717) is 5.82 Å². The molecular weight excluding hydrogens is 659 g/mol. The molecule has 0 unspecified atom stereocenters. The number of hydrogen-bond acceptors (Lipinski definition) is 4. The summed E-state index contributed by atoms with van der Waals surface area (Å²) in [5, 5.41) is 4.47. The highest BCUT2D eigenvalue weighted by Crippen LogP contribution is 2.44. The molecule has 0 aliphatic heterocycles. The fourth-order valence-electron chi connectivity index (χ4n) is 7.42. The summed E-state index contributed by atoms with van der Waals surface area (Å²) in [6, 6.07) is 69.7. The normalized spacial score (nSPS) is 11.3. The third kappa shape index (κ3) is 5.76. The lowest BCUT2D eigenvalue weighted by molar-refractivity contribution is 0.669. The van der Waals surface area contributed by atoms with Crippen molar-refractivity contribution in [1.29, 1.82) is 0 Å². The number of para-hydroxylation sites is 2. The molecule has 4 nitrogen and oxygen atoms in total. The second kappa shape index (κ2) is 13.4. The van der Waals surface area contributed by atoms with E-state index in [1.54, 1.807) is 0 Å². The summed E-state index contributed by atoms with van der Waals surface area (Å²) < 4.78 is 6.64. The number of aromatic nitrogens is 2. The molecule has 2 aromatic heterocycles. The first-order valence-electron chi connectivity index (χ1n) is 18.2. The smallest absolute Gasteiger partial charge is 0.161 e. The minimum atomic E-state index is 0.633. The van der Waals surface area contributed by atoms with Crippen LogP contribution in [0.15, 0.2) is 205 Å². The van der Waals surface area contributed by atoms with E-state index in [1.807, 2.05) is 54.6 Å². The van der Waals surface area contributed by atoms with Gasteiger partial charge in [0.05, 0.1) is 17.1 Å². The Balaban J connectivity index is 1.18. The van der Waals surface area contributed by atoms with Crippen LogP contribution in [0.4, 0.5) is 17.1 Å². The molecule has 254 valence electrons. The first-order valence-corrected chi connectivity index (χ1v) is 18.2. The van der Waals surface area contributed by atoms with E-state index < -0.39 is 0 Å². The third-order valence-corrected chi connectivity index (χ3v) is 10.1. The van der Waals surface area contributed by atoms with Crippen LogP contribution in [0.3, 0.4) is 0 Å². The summed E-state index contributed by atoms with van der Waals surface area (Å²) in [5.74, 6) is 0.633. The van der Waals surface area contributed by atoms with Gasteiger partial charge in [0.1, 0.15) is 11.2 Å². The minimum absolute atomic E-state index is 0.633. The summed E-state index contributed by atoms with van der Waals surface area (Å²) in [6.07, 6.45) is 0. The van der Waals surface area contributed by atoms with Crippen molar-refractivity contribution in [2.75, 3.05) is 4.90 Å². The second-order valence-electron chi connectivity index (χ2n) is 13.4. The van der Waals surface area contributed by atoms with Gasteiger partial charge in [0.25, 0.3) is 0 Å². The highest BCUT2D eigenvalue weighted by atomic mass is 16.3. The van der Waals surface area contributed by atoms with Crippen LogP contribution in [0.5, 0.6) is 0 Å². The Bertz CT molecular complexity index is 2860. The Labute approximate surface area is 313 Å². The molecule has 0 saturated carbocycles. The van der Waals surface area contributed by atoms with E-state index >= 15 is 0 Å². The highest BCUT2D eigenvalue weighted by molar-refractivity contribution is 6.13. The number of nitrogens with zero attached hydrogens (tertiary/aromatic N) is 3. The molecule has 8 aromatic carbocycles. The molecule has 54 heavy (non-hydrogen) atoms. The maximum absolute atomic E-state index is 6.64. The van der Waals surface area contributed by atoms with Crippen LogP contribution in [0.1, 0.15) is 0 Å². The van der Waals surface area contributed by atoms with E-state index in [1.165, 1.54) is 16.3 Å². The molecule has 0 amide bonds. The van der Waals surface area contributed by atoms with E-state index in [0.717, 1.165) is 72.6 Å². The molecule has 2 heterocycles. The third-order valence-electron chi connectivity index (χ3n) is 10.1. The number of benzene rings is 8. The highest BCUT2D eigenvalue weighted by Gasteiger charge is 2.22. The van der Waals surface area contributed by atoms with Gasteiger partial charge in [-0.25, -0.2) is 9.97 Å². The molecule has 0 radical (unpaired) electrons. The first-order chi connectivity index (χ1) is 26.7. The largest absolute Gasteiger partial charge is 0.456 e. The van der Waals surface area contributed by atoms with Gasteiger partial charge in [0.15, 0.2) is 5.82 Å². The molecule has 10 rings (SSSR count). The van der Waals surface area contributed by atoms with Crippen molar-refractivity contribution >= 4 is 49.8 Å². The van der Waals surface area contributed by atoms with Gasteiger partial charge in [0.2, 0.25) is 0 Å². The molecular formula is C50H33N3O. The topological polar surface area (TPSA) is 42.2 Å². The summed E-state index contributed by atoms with van der Waals surface area (Å²) in [4.78, 5) is 12.8. The van der Waals surface area contributed by atoms with Gasteiger partial charge in [-0.3, -0.25) is 0 Å². The summed E-state index contributed by atoms with van der Waals surface area (Å²) in [6.45, 7) is 0. The Morgan fingerprint density at radius 3 is 1.65 bits per heavy atom. The van der Waals surface area contributed by atoms with Gasteiger partial charge in [-0.05, 0) is 70.4 Å². The standard InChI is InChI=1S/C50H33N3O/c1-4-15-36(16-5-1)45-33-46(37-17-6-2-7-18-37)52-50(51-45)44-31-42(32-48-49(44)43-22-12-13-23-47(43)54-48)53(40-20-8-3-9-21-40)41-28-26-35(27-29-41)39-25-24-34-14-10-11-19-38(34)30-39/h1-33H. The van der Waals surface area contributed by atoms with Crippen LogP contribution >= 0.6 is 0 Å². The van der Waals surface area contributed by atoms with Gasteiger partial charge in [-0.1, -0.05) is 146 Å². The van der Waals surface area contributed by atoms with Crippen molar-refractivity contribution in [1.82, 2.24) is 9.97 Å². The zero-order valence-corrected chi connectivity index (χ0v) is 29.3. The van der Waals surface area contributed by atoms with E-state index in [-0.39, 0.29) is 0 Å². The van der Waals surface area contributed by atoms with E-state index in [9.17, 15) is 0 Å². The Morgan fingerprint density at radius 1 is 0.370 bits per heavy atom. The van der Waals surface area contributed by atoms with Crippen LogP contribution < -0.4 is 4.90 Å². The summed E-state index contributed by atoms with van der Waals surface area (Å²) in [5.41, 5.74) is 11.6.